The zero-order valence-corrected chi connectivity index (χ0v) is 15.7. The molecule has 0 radical (unpaired) electrons. The van der Waals surface area contributed by atoms with Gasteiger partial charge in [0.15, 0.2) is 5.82 Å². The van der Waals surface area contributed by atoms with Crippen LogP contribution < -0.4 is 10.2 Å². The predicted molar refractivity (Wildman–Crippen MR) is 103 cm³/mol. The van der Waals surface area contributed by atoms with Gasteiger partial charge in [-0.3, -0.25) is 9.48 Å². The van der Waals surface area contributed by atoms with Crippen LogP contribution >= 0.6 is 0 Å². The molecule has 2 aromatic heterocycles. The highest BCUT2D eigenvalue weighted by Gasteiger charge is 2.18. The first-order valence-electron chi connectivity index (χ1n) is 8.98. The normalized spacial score (nSPS) is 14.3. The smallest absolute Gasteiger partial charge is 0.256 e. The number of aromatic nitrogens is 4. The van der Waals surface area contributed by atoms with E-state index in [9.17, 15) is 9.18 Å². The molecule has 3 heterocycles. The molecular weight excluding hydrogens is 363 g/mol. The van der Waals surface area contributed by atoms with E-state index in [-0.39, 0.29) is 5.56 Å². The van der Waals surface area contributed by atoms with Crippen molar-refractivity contribution in [1.29, 1.82) is 0 Å². The zero-order valence-electron chi connectivity index (χ0n) is 15.7. The van der Waals surface area contributed by atoms with Crippen LogP contribution in [-0.4, -0.2) is 51.5 Å². The van der Waals surface area contributed by atoms with Gasteiger partial charge >= 0.3 is 0 Å². The Kier molecular flexibility index (Phi) is 4.82. The maximum absolute atomic E-state index is 14.6. The molecule has 1 saturated heterocycles. The van der Waals surface area contributed by atoms with Crippen LogP contribution in [0.25, 0.3) is 11.5 Å². The Bertz CT molecular complexity index is 1010. The zero-order chi connectivity index (χ0) is 19.7. The molecule has 1 N–H and O–H groups in total. The van der Waals surface area contributed by atoms with E-state index in [1.165, 1.54) is 6.07 Å². The number of carbonyl (C=O) groups excluding carboxylic acids is 1. The minimum atomic E-state index is -0.423. The Morgan fingerprint density at radius 1 is 1.21 bits per heavy atom. The summed E-state index contributed by atoms with van der Waals surface area (Å²) in [6.45, 7) is 2.40. The van der Waals surface area contributed by atoms with E-state index in [2.05, 4.69) is 15.4 Å². The molecule has 9 heteroatoms. The third-order valence-electron chi connectivity index (χ3n) is 4.73. The minimum absolute atomic E-state index is 0.245. The summed E-state index contributed by atoms with van der Waals surface area (Å²) in [5, 5.41) is 7.16. The number of ether oxygens (including phenoxy) is 1. The molecule has 0 bridgehead atoms. The fraction of sp³-hybridized carbons (Fsp3) is 0.316. The molecular formula is C19H21FN6O2. The highest BCUT2D eigenvalue weighted by Crippen LogP contribution is 2.23. The third kappa shape index (κ3) is 3.48. The van der Waals surface area contributed by atoms with Crippen LogP contribution in [0.15, 0.2) is 36.7 Å². The number of halogens is 1. The van der Waals surface area contributed by atoms with E-state index in [0.717, 1.165) is 0 Å². The average Bonchev–Trinajstić information content (AvgIpc) is 3.27. The molecule has 0 unspecified atom stereocenters. The van der Waals surface area contributed by atoms with Gasteiger partial charge in [-0.2, -0.15) is 5.10 Å². The lowest BCUT2D eigenvalue weighted by Gasteiger charge is -2.29. The molecule has 0 atom stereocenters. The number of aryl methyl sites for hydroxylation is 2. The first-order chi connectivity index (χ1) is 13.5. The largest absolute Gasteiger partial charge is 0.378 e. The van der Waals surface area contributed by atoms with Crippen molar-refractivity contribution in [2.24, 2.45) is 14.1 Å². The van der Waals surface area contributed by atoms with Gasteiger partial charge in [-0.1, -0.05) is 0 Å². The number of anilines is 2. The van der Waals surface area contributed by atoms with Crippen molar-refractivity contribution in [3.8, 4) is 11.5 Å². The van der Waals surface area contributed by atoms with Crippen LogP contribution in [0.4, 0.5) is 15.9 Å². The number of imidazole rings is 1. The summed E-state index contributed by atoms with van der Waals surface area (Å²) >= 11 is 0. The van der Waals surface area contributed by atoms with Gasteiger partial charge in [0.1, 0.15) is 17.3 Å². The number of rotatable bonds is 4. The Balaban J connectivity index is 1.52. The van der Waals surface area contributed by atoms with Crippen LogP contribution in [0.5, 0.6) is 0 Å². The average molecular weight is 384 g/mol. The number of carbonyl (C=O) groups is 1. The molecule has 1 aromatic carbocycles. The second-order valence-electron chi connectivity index (χ2n) is 6.62. The standard InChI is InChI=1S/C19H21FN6O2/c1-24-6-5-21-18(24)15-12-17(25(2)23-15)22-19(27)13-3-4-16(14(20)11-13)26-7-9-28-10-8-26/h3-6,11-12H,7-10H2,1-2H3,(H,22,27). The van der Waals surface area contributed by atoms with Crippen molar-refractivity contribution in [2.75, 3.05) is 36.5 Å². The number of hydrogen-bond acceptors (Lipinski definition) is 5. The van der Waals surface area contributed by atoms with E-state index in [1.54, 1.807) is 36.1 Å². The molecule has 8 nitrogen and oxygen atoms in total. The van der Waals surface area contributed by atoms with Gasteiger partial charge in [0.05, 0.1) is 18.9 Å². The van der Waals surface area contributed by atoms with Gasteiger partial charge in [-0.05, 0) is 18.2 Å². The number of benzene rings is 1. The van der Waals surface area contributed by atoms with Gasteiger partial charge in [-0.15, -0.1) is 0 Å². The summed E-state index contributed by atoms with van der Waals surface area (Å²) in [5.41, 5.74) is 1.37. The number of morpholine rings is 1. The Hall–Kier alpha value is -3.20. The van der Waals surface area contributed by atoms with E-state index >= 15 is 0 Å². The molecule has 1 amide bonds. The molecule has 0 aliphatic carbocycles. The molecule has 0 spiro atoms. The molecule has 4 rings (SSSR count). The summed E-state index contributed by atoms with van der Waals surface area (Å²) in [7, 11) is 3.60. The van der Waals surface area contributed by atoms with E-state index in [4.69, 9.17) is 4.74 Å². The molecule has 1 aliphatic heterocycles. The van der Waals surface area contributed by atoms with Gasteiger partial charge in [0.2, 0.25) is 0 Å². The Morgan fingerprint density at radius 3 is 2.68 bits per heavy atom. The van der Waals surface area contributed by atoms with Crippen LogP contribution in [0.1, 0.15) is 10.4 Å². The summed E-state index contributed by atoms with van der Waals surface area (Å²) in [4.78, 5) is 18.8. The van der Waals surface area contributed by atoms with Crippen molar-refractivity contribution >= 4 is 17.4 Å². The molecule has 28 heavy (non-hydrogen) atoms. The molecule has 1 fully saturated rings. The van der Waals surface area contributed by atoms with Crippen molar-refractivity contribution in [2.45, 2.75) is 0 Å². The van der Waals surface area contributed by atoms with Crippen molar-refractivity contribution in [3.05, 3.63) is 48.0 Å². The fourth-order valence-electron chi connectivity index (χ4n) is 3.20. The summed E-state index contributed by atoms with van der Waals surface area (Å²) in [6, 6.07) is 6.26. The number of amides is 1. The van der Waals surface area contributed by atoms with E-state index in [1.807, 2.05) is 22.7 Å². The summed E-state index contributed by atoms with van der Waals surface area (Å²) in [5.74, 6) is 0.368. The number of nitrogens with one attached hydrogen (secondary N) is 1. The third-order valence-corrected chi connectivity index (χ3v) is 4.73. The van der Waals surface area contributed by atoms with Crippen LogP contribution in [0.3, 0.4) is 0 Å². The summed E-state index contributed by atoms with van der Waals surface area (Å²) in [6.07, 6.45) is 3.50. The van der Waals surface area contributed by atoms with Gasteiger partial charge in [0, 0.05) is 51.2 Å². The molecule has 3 aromatic rings. The lowest BCUT2D eigenvalue weighted by molar-refractivity contribution is 0.102. The predicted octanol–water partition coefficient (Wildman–Crippen LogP) is 2.05. The first-order valence-corrected chi connectivity index (χ1v) is 8.98. The first kappa shape index (κ1) is 18.2. The highest BCUT2D eigenvalue weighted by atomic mass is 19.1. The van der Waals surface area contributed by atoms with Crippen LogP contribution in [0, 0.1) is 5.82 Å². The maximum Gasteiger partial charge on any atom is 0.256 e. The van der Waals surface area contributed by atoms with Crippen molar-refractivity contribution in [1.82, 2.24) is 19.3 Å². The number of hydrogen-bond donors (Lipinski definition) is 1. The van der Waals surface area contributed by atoms with E-state index < -0.39 is 11.7 Å². The van der Waals surface area contributed by atoms with Gasteiger partial charge in [0.25, 0.3) is 5.91 Å². The Labute approximate surface area is 161 Å². The molecule has 146 valence electrons. The monoisotopic (exact) mass is 384 g/mol. The quantitative estimate of drug-likeness (QED) is 0.745. The van der Waals surface area contributed by atoms with Crippen molar-refractivity contribution < 1.29 is 13.9 Å². The SMILES string of the molecule is Cn1ccnc1-c1cc(NC(=O)c2ccc(N3CCOCC3)c(F)c2)n(C)n1. The maximum atomic E-state index is 14.6. The lowest BCUT2D eigenvalue weighted by Crippen LogP contribution is -2.36. The van der Waals surface area contributed by atoms with Gasteiger partial charge < -0.3 is 19.5 Å². The Morgan fingerprint density at radius 2 is 2.00 bits per heavy atom. The molecule has 0 saturated carbocycles. The fourth-order valence-corrected chi connectivity index (χ4v) is 3.20. The minimum Gasteiger partial charge on any atom is -0.378 e. The second-order valence-corrected chi connectivity index (χ2v) is 6.62. The van der Waals surface area contributed by atoms with Crippen molar-refractivity contribution in [3.63, 3.8) is 0 Å². The summed E-state index contributed by atoms with van der Waals surface area (Å²) < 4.78 is 23.2. The lowest BCUT2D eigenvalue weighted by atomic mass is 10.1. The van der Waals surface area contributed by atoms with Gasteiger partial charge in [-0.25, -0.2) is 9.37 Å². The van der Waals surface area contributed by atoms with Crippen LogP contribution in [0.2, 0.25) is 0 Å². The van der Waals surface area contributed by atoms with Crippen LogP contribution in [-0.2, 0) is 18.8 Å². The molecule has 1 aliphatic rings. The van der Waals surface area contributed by atoms with E-state index in [0.29, 0.717) is 49.3 Å². The topological polar surface area (TPSA) is 77.2 Å². The number of nitrogens with zero attached hydrogens (tertiary/aromatic N) is 5. The second kappa shape index (κ2) is 7.43. The highest BCUT2D eigenvalue weighted by molar-refractivity contribution is 6.04.